The van der Waals surface area contributed by atoms with Gasteiger partial charge in [-0.05, 0) is 5.41 Å². The van der Waals surface area contributed by atoms with E-state index in [1.54, 1.807) is 6.21 Å². The number of ether oxygens (including phenoxy) is 1. The molecule has 2 unspecified atom stereocenters. The van der Waals surface area contributed by atoms with Gasteiger partial charge in [-0.1, -0.05) is 48.8 Å². The van der Waals surface area contributed by atoms with Crippen LogP contribution in [0.1, 0.15) is 20.3 Å². The number of oxime groups is 1. The monoisotopic (exact) mass is 318 g/mol. The van der Waals surface area contributed by atoms with Gasteiger partial charge < -0.3 is 9.57 Å². The van der Waals surface area contributed by atoms with Crippen LogP contribution in [0, 0.1) is 28.6 Å². The van der Waals surface area contributed by atoms with Crippen LogP contribution >= 0.6 is 23.2 Å². The fraction of sp³-hybridized carbons (Fsp3) is 0.615. The Kier molecular flexibility index (Phi) is 5.85. The van der Waals surface area contributed by atoms with Gasteiger partial charge in [0.2, 0.25) is 0 Å². The summed E-state index contributed by atoms with van der Waals surface area (Å²) in [6.45, 7) is 7.55. The lowest BCUT2D eigenvalue weighted by Gasteiger charge is -2.07. The molecule has 1 aliphatic rings. The molecule has 2 atom stereocenters. The first kappa shape index (κ1) is 16.8. The number of carbonyl (C=O) groups is 1. The second-order valence-electron chi connectivity index (χ2n) is 5.01. The molecule has 0 amide bonds. The molecule has 1 saturated carbocycles. The first-order valence-corrected chi connectivity index (χ1v) is 6.90. The second kappa shape index (κ2) is 6.96. The third-order valence-electron chi connectivity index (χ3n) is 3.24. The van der Waals surface area contributed by atoms with E-state index in [1.165, 1.54) is 0 Å². The van der Waals surface area contributed by atoms with Crippen LogP contribution in [0.4, 0.5) is 0 Å². The van der Waals surface area contributed by atoms with Crippen LogP contribution in [0.3, 0.4) is 0 Å². The second-order valence-corrected chi connectivity index (χ2v) is 6.11. The highest BCUT2D eigenvalue weighted by molar-refractivity contribution is 6.46. The van der Waals surface area contributed by atoms with Crippen molar-refractivity contribution in [3.05, 3.63) is 12.3 Å². The molecule has 20 heavy (non-hydrogen) atoms. The van der Waals surface area contributed by atoms with E-state index in [9.17, 15) is 4.79 Å². The summed E-state index contributed by atoms with van der Waals surface area (Å²) in [4.78, 5) is 15.9. The number of carbonyl (C=O) groups excluding carboxylic acids is 1. The van der Waals surface area contributed by atoms with Crippen LogP contribution in [-0.4, -0.2) is 23.6 Å². The van der Waals surface area contributed by atoms with Crippen molar-refractivity contribution >= 4 is 35.4 Å². The average molecular weight is 319 g/mol. The summed E-state index contributed by atoms with van der Waals surface area (Å²) in [5.41, 5.74) is -0.270. The quantitative estimate of drug-likeness (QED) is 0.181. The van der Waals surface area contributed by atoms with Gasteiger partial charge in [0.1, 0.15) is 12.4 Å². The lowest BCUT2D eigenvalue weighted by Crippen LogP contribution is -2.12. The normalized spacial score (nSPS) is 23.4. The molecule has 1 fully saturated rings. The standard InChI is InChI=1S/C13H16Cl2N2O3/c1-8(11(14)15)20-12(18)10-9(13(10,2)3)7-17-19-6-4-5-16/h7,9-11H,1,4,6H2,2-3H3. The smallest absolute Gasteiger partial charge is 0.315 e. The number of allylic oxidation sites excluding steroid dienone is 1. The molecule has 110 valence electrons. The highest BCUT2D eigenvalue weighted by atomic mass is 35.5. The summed E-state index contributed by atoms with van der Waals surface area (Å²) in [6, 6.07) is 1.94. The molecule has 0 aromatic heterocycles. The van der Waals surface area contributed by atoms with Crippen molar-refractivity contribution < 1.29 is 14.4 Å². The van der Waals surface area contributed by atoms with Crippen molar-refractivity contribution in [3.63, 3.8) is 0 Å². The molecular weight excluding hydrogens is 303 g/mol. The maximum atomic E-state index is 11.9. The van der Waals surface area contributed by atoms with Gasteiger partial charge >= 0.3 is 5.97 Å². The van der Waals surface area contributed by atoms with E-state index >= 15 is 0 Å². The minimum absolute atomic E-state index is 0.0157. The highest BCUT2D eigenvalue weighted by Crippen LogP contribution is 2.57. The Hall–Kier alpha value is -1.25. The number of hydrogen-bond donors (Lipinski definition) is 0. The van der Waals surface area contributed by atoms with Crippen LogP contribution in [0.5, 0.6) is 0 Å². The van der Waals surface area contributed by atoms with Crippen molar-refractivity contribution in [2.24, 2.45) is 22.4 Å². The summed E-state index contributed by atoms with van der Waals surface area (Å²) >= 11 is 11.1. The zero-order valence-electron chi connectivity index (χ0n) is 11.3. The molecule has 0 saturated heterocycles. The minimum Gasteiger partial charge on any atom is -0.429 e. The zero-order valence-corrected chi connectivity index (χ0v) is 12.8. The van der Waals surface area contributed by atoms with E-state index in [0.29, 0.717) is 0 Å². The molecule has 0 aromatic carbocycles. The van der Waals surface area contributed by atoms with Crippen molar-refractivity contribution in [1.82, 2.24) is 0 Å². The van der Waals surface area contributed by atoms with Crippen molar-refractivity contribution in [2.75, 3.05) is 6.61 Å². The van der Waals surface area contributed by atoms with Gasteiger partial charge in [0.05, 0.1) is 18.4 Å². The Morgan fingerprint density at radius 3 is 2.80 bits per heavy atom. The zero-order chi connectivity index (χ0) is 15.3. The molecular formula is C13H16Cl2N2O3. The summed E-state index contributed by atoms with van der Waals surface area (Å²) in [5.74, 6) is -0.842. The van der Waals surface area contributed by atoms with Gasteiger partial charge in [-0.2, -0.15) is 5.26 Å². The molecule has 5 nitrogen and oxygen atoms in total. The predicted molar refractivity (Wildman–Crippen MR) is 76.2 cm³/mol. The van der Waals surface area contributed by atoms with Gasteiger partial charge in [-0.3, -0.25) is 4.79 Å². The predicted octanol–water partition coefficient (Wildman–Crippen LogP) is 3.04. The van der Waals surface area contributed by atoms with Gasteiger partial charge in [0.25, 0.3) is 0 Å². The van der Waals surface area contributed by atoms with Crippen molar-refractivity contribution in [3.8, 4) is 6.07 Å². The van der Waals surface area contributed by atoms with Crippen LogP contribution in [-0.2, 0) is 14.4 Å². The molecule has 0 radical (unpaired) electrons. The van der Waals surface area contributed by atoms with E-state index in [1.807, 2.05) is 19.9 Å². The molecule has 0 spiro atoms. The molecule has 0 bridgehead atoms. The van der Waals surface area contributed by atoms with E-state index in [-0.39, 0.29) is 36.0 Å². The Morgan fingerprint density at radius 1 is 1.60 bits per heavy atom. The third kappa shape index (κ3) is 4.12. The summed E-state index contributed by atoms with van der Waals surface area (Å²) in [5, 5.41) is 12.1. The Morgan fingerprint density at radius 2 is 2.25 bits per heavy atom. The number of halogens is 2. The number of nitriles is 1. The topological polar surface area (TPSA) is 71.7 Å². The Labute approximate surface area is 128 Å². The highest BCUT2D eigenvalue weighted by Gasteiger charge is 2.62. The van der Waals surface area contributed by atoms with Gasteiger partial charge in [-0.25, -0.2) is 0 Å². The van der Waals surface area contributed by atoms with E-state index in [2.05, 4.69) is 11.7 Å². The maximum absolute atomic E-state index is 11.9. The molecule has 0 aliphatic heterocycles. The van der Waals surface area contributed by atoms with Crippen LogP contribution < -0.4 is 0 Å². The molecule has 1 rings (SSSR count). The minimum atomic E-state index is -0.942. The lowest BCUT2D eigenvalue weighted by atomic mass is 10.1. The summed E-state index contributed by atoms with van der Waals surface area (Å²) in [6.07, 6.45) is 1.83. The Bertz CT molecular complexity index is 455. The first-order chi connectivity index (χ1) is 9.32. The van der Waals surface area contributed by atoms with E-state index in [4.69, 9.17) is 38.0 Å². The van der Waals surface area contributed by atoms with E-state index < -0.39 is 10.8 Å². The Balaban J connectivity index is 2.49. The summed E-state index contributed by atoms with van der Waals surface area (Å²) in [7, 11) is 0. The van der Waals surface area contributed by atoms with Gasteiger partial charge in [0, 0.05) is 12.1 Å². The molecule has 7 heteroatoms. The van der Waals surface area contributed by atoms with E-state index in [0.717, 1.165) is 0 Å². The number of alkyl halides is 2. The largest absolute Gasteiger partial charge is 0.429 e. The van der Waals surface area contributed by atoms with Gasteiger partial charge in [-0.15, -0.1) is 0 Å². The molecule has 1 aliphatic carbocycles. The average Bonchev–Trinajstić information content (AvgIpc) is 2.90. The SMILES string of the molecule is C=C(OC(=O)C1C(C=NOCCC#N)C1(C)C)C(Cl)Cl. The maximum Gasteiger partial charge on any atom is 0.315 e. The fourth-order valence-electron chi connectivity index (χ4n) is 1.90. The number of esters is 1. The lowest BCUT2D eigenvalue weighted by molar-refractivity contribution is -0.141. The third-order valence-corrected chi connectivity index (χ3v) is 3.73. The number of rotatable bonds is 7. The van der Waals surface area contributed by atoms with Crippen LogP contribution in [0.15, 0.2) is 17.5 Å². The van der Waals surface area contributed by atoms with Gasteiger partial charge in [0.15, 0.2) is 4.84 Å². The molecule has 0 N–H and O–H groups in total. The van der Waals surface area contributed by atoms with Crippen LogP contribution in [0.25, 0.3) is 0 Å². The number of nitrogens with zero attached hydrogens (tertiary/aromatic N) is 2. The van der Waals surface area contributed by atoms with Crippen LogP contribution in [0.2, 0.25) is 0 Å². The molecule has 0 aromatic rings. The fourth-order valence-corrected chi connectivity index (χ4v) is 1.98. The molecule has 0 heterocycles. The van der Waals surface area contributed by atoms with Crippen molar-refractivity contribution in [1.29, 1.82) is 5.26 Å². The first-order valence-electron chi connectivity index (χ1n) is 6.03. The van der Waals surface area contributed by atoms with Crippen molar-refractivity contribution in [2.45, 2.75) is 25.1 Å². The summed E-state index contributed by atoms with van der Waals surface area (Å²) < 4.78 is 5.00. The number of hydrogen-bond acceptors (Lipinski definition) is 5.